The van der Waals surface area contributed by atoms with Crippen LogP contribution in [0.25, 0.3) is 0 Å². The van der Waals surface area contributed by atoms with Crippen molar-refractivity contribution in [1.29, 1.82) is 0 Å². The van der Waals surface area contributed by atoms with Gasteiger partial charge in [0.1, 0.15) is 18.8 Å². The molecule has 4 rings (SSSR count). The van der Waals surface area contributed by atoms with Crippen LogP contribution in [0.2, 0.25) is 0 Å². The number of rotatable bonds is 11. The lowest BCUT2D eigenvalue weighted by molar-refractivity contribution is -0.152. The number of esters is 1. The molecule has 7 heteroatoms. The summed E-state index contributed by atoms with van der Waals surface area (Å²) >= 11 is 0. The molecule has 3 N–H and O–H groups in total. The molecule has 1 amide bonds. The Morgan fingerprint density at radius 3 is 1.97 bits per heavy atom. The van der Waals surface area contributed by atoms with Gasteiger partial charge in [-0.1, -0.05) is 84.9 Å². The third-order valence-corrected chi connectivity index (χ3v) is 5.97. The Kier molecular flexibility index (Phi) is 8.74. The fraction of sp³-hybridized carbons (Fsp3) is 0.161. The van der Waals surface area contributed by atoms with Crippen LogP contribution >= 0.6 is 0 Å². The number of benzene rings is 4. The van der Waals surface area contributed by atoms with Crippen LogP contribution in [0.4, 0.5) is 0 Å². The van der Waals surface area contributed by atoms with Gasteiger partial charge in [0.2, 0.25) is 0 Å². The molecule has 1 atom stereocenters. The number of aromatic hydroxyl groups is 1. The third kappa shape index (κ3) is 7.21. The predicted molar refractivity (Wildman–Crippen MR) is 144 cm³/mol. The van der Waals surface area contributed by atoms with Crippen molar-refractivity contribution in [2.24, 2.45) is 0 Å². The first kappa shape index (κ1) is 26.4. The Balaban J connectivity index is 1.51. The van der Waals surface area contributed by atoms with E-state index >= 15 is 0 Å². The zero-order valence-corrected chi connectivity index (χ0v) is 21.1. The topological polar surface area (TPSA) is 96.9 Å². The molecule has 0 fully saturated rings. The van der Waals surface area contributed by atoms with E-state index in [4.69, 9.17) is 9.47 Å². The molecule has 38 heavy (non-hydrogen) atoms. The van der Waals surface area contributed by atoms with Gasteiger partial charge in [-0.3, -0.25) is 10.2 Å². The second kappa shape index (κ2) is 12.6. The van der Waals surface area contributed by atoms with Crippen LogP contribution in [-0.4, -0.2) is 22.5 Å². The standard InChI is InChI=1S/C31H30N2O5/c1-31(30(36)38-22-24-13-7-3-8-14-24,33-32-29(35)26-15-9-4-10-16-26)20-25-17-18-27(34)28(19-25)37-21-23-11-5-2-6-12-23/h2-19,33-34H,20-22H2,1H3,(H,32,35)/t31-/m0/s1. The number of hydrogen-bond donors (Lipinski definition) is 3. The summed E-state index contributed by atoms with van der Waals surface area (Å²) in [7, 11) is 0. The van der Waals surface area contributed by atoms with Gasteiger partial charge in [0.05, 0.1) is 0 Å². The van der Waals surface area contributed by atoms with Crippen LogP contribution < -0.4 is 15.6 Å². The molecule has 0 aromatic heterocycles. The maximum absolute atomic E-state index is 13.3. The van der Waals surface area contributed by atoms with Crippen LogP contribution in [-0.2, 0) is 29.2 Å². The Bertz CT molecular complexity index is 1350. The van der Waals surface area contributed by atoms with Crippen molar-refractivity contribution in [2.45, 2.75) is 32.1 Å². The van der Waals surface area contributed by atoms with Gasteiger partial charge in [0.25, 0.3) is 5.91 Å². The quantitative estimate of drug-likeness (QED) is 0.195. The van der Waals surface area contributed by atoms with E-state index in [1.54, 1.807) is 43.3 Å². The summed E-state index contributed by atoms with van der Waals surface area (Å²) < 4.78 is 11.5. The molecule has 0 aliphatic rings. The fourth-order valence-corrected chi connectivity index (χ4v) is 3.83. The normalized spacial score (nSPS) is 12.2. The van der Waals surface area contributed by atoms with Crippen molar-refractivity contribution in [3.63, 3.8) is 0 Å². The number of phenolic OH excluding ortho intramolecular Hbond substituents is 1. The molecule has 0 radical (unpaired) electrons. The number of nitrogens with one attached hydrogen (secondary N) is 2. The Morgan fingerprint density at radius 2 is 1.34 bits per heavy atom. The number of hydrazine groups is 1. The second-order valence-electron chi connectivity index (χ2n) is 9.09. The molecule has 0 spiro atoms. The van der Waals surface area contributed by atoms with E-state index < -0.39 is 11.5 Å². The highest BCUT2D eigenvalue weighted by molar-refractivity contribution is 5.94. The molecule has 0 heterocycles. The minimum Gasteiger partial charge on any atom is -0.504 e. The Morgan fingerprint density at radius 1 is 0.763 bits per heavy atom. The van der Waals surface area contributed by atoms with Gasteiger partial charge in [-0.15, -0.1) is 0 Å². The van der Waals surface area contributed by atoms with Crippen molar-refractivity contribution >= 4 is 11.9 Å². The van der Waals surface area contributed by atoms with Gasteiger partial charge < -0.3 is 14.6 Å². The molecule has 0 aliphatic heterocycles. The highest BCUT2D eigenvalue weighted by Crippen LogP contribution is 2.29. The minimum atomic E-state index is -1.33. The van der Waals surface area contributed by atoms with Crippen LogP contribution in [0.3, 0.4) is 0 Å². The summed E-state index contributed by atoms with van der Waals surface area (Å²) in [6.45, 7) is 2.02. The first-order valence-corrected chi connectivity index (χ1v) is 12.3. The number of carbonyl (C=O) groups excluding carboxylic acids is 2. The van der Waals surface area contributed by atoms with Gasteiger partial charge in [-0.25, -0.2) is 10.2 Å². The van der Waals surface area contributed by atoms with Crippen LogP contribution in [0.5, 0.6) is 11.5 Å². The van der Waals surface area contributed by atoms with Crippen LogP contribution in [0, 0.1) is 0 Å². The number of carbonyl (C=O) groups is 2. The smallest absolute Gasteiger partial charge is 0.328 e. The summed E-state index contributed by atoms with van der Waals surface area (Å²) in [6.07, 6.45) is 0.150. The lowest BCUT2D eigenvalue weighted by atomic mass is 9.93. The molecular weight excluding hydrogens is 480 g/mol. The van der Waals surface area contributed by atoms with Crippen molar-refractivity contribution < 1.29 is 24.2 Å². The number of ether oxygens (including phenoxy) is 2. The van der Waals surface area contributed by atoms with E-state index in [0.717, 1.165) is 11.1 Å². The lowest BCUT2D eigenvalue weighted by Crippen LogP contribution is -2.59. The zero-order valence-electron chi connectivity index (χ0n) is 21.1. The van der Waals surface area contributed by atoms with Crippen LogP contribution in [0.15, 0.2) is 109 Å². The number of phenols is 1. The first-order valence-electron chi connectivity index (χ1n) is 12.3. The molecule has 0 saturated heterocycles. The fourth-order valence-electron chi connectivity index (χ4n) is 3.83. The average molecular weight is 511 g/mol. The van der Waals surface area contributed by atoms with Gasteiger partial charge in [0.15, 0.2) is 11.5 Å². The summed E-state index contributed by atoms with van der Waals surface area (Å²) in [5, 5.41) is 10.3. The maximum atomic E-state index is 13.3. The van der Waals surface area contributed by atoms with Gasteiger partial charge in [-0.2, -0.15) is 0 Å². The van der Waals surface area contributed by atoms with Crippen LogP contribution in [0.1, 0.15) is 34.0 Å². The van der Waals surface area contributed by atoms with E-state index in [0.29, 0.717) is 16.9 Å². The maximum Gasteiger partial charge on any atom is 0.328 e. The second-order valence-corrected chi connectivity index (χ2v) is 9.09. The Labute approximate surface area is 222 Å². The zero-order chi connectivity index (χ0) is 26.8. The van der Waals surface area contributed by atoms with Crippen molar-refractivity contribution in [3.05, 3.63) is 131 Å². The molecule has 194 valence electrons. The molecule has 4 aromatic rings. The molecule has 0 unspecified atom stereocenters. The highest BCUT2D eigenvalue weighted by Gasteiger charge is 2.36. The summed E-state index contributed by atoms with van der Waals surface area (Å²) in [5.41, 5.74) is 7.15. The number of hydrogen-bond acceptors (Lipinski definition) is 6. The lowest BCUT2D eigenvalue weighted by Gasteiger charge is -2.29. The largest absolute Gasteiger partial charge is 0.504 e. The predicted octanol–water partition coefficient (Wildman–Crippen LogP) is 4.95. The van der Waals surface area contributed by atoms with E-state index in [1.165, 1.54) is 6.07 Å². The van der Waals surface area contributed by atoms with E-state index in [-0.39, 0.29) is 31.3 Å². The summed E-state index contributed by atoms with van der Waals surface area (Å²) in [6, 6.07) is 32.6. The van der Waals surface area contributed by atoms with E-state index in [2.05, 4.69) is 10.9 Å². The Hall–Kier alpha value is -4.62. The third-order valence-electron chi connectivity index (χ3n) is 5.97. The van der Waals surface area contributed by atoms with Gasteiger partial charge in [-0.05, 0) is 47.9 Å². The van der Waals surface area contributed by atoms with Crippen molar-refractivity contribution in [3.8, 4) is 11.5 Å². The van der Waals surface area contributed by atoms with E-state index in [1.807, 2.05) is 66.7 Å². The monoisotopic (exact) mass is 510 g/mol. The number of amides is 1. The highest BCUT2D eigenvalue weighted by atomic mass is 16.5. The molecule has 7 nitrogen and oxygen atoms in total. The molecular formula is C31H30N2O5. The van der Waals surface area contributed by atoms with Crippen molar-refractivity contribution in [1.82, 2.24) is 10.9 Å². The minimum absolute atomic E-state index is 0.0108. The van der Waals surface area contributed by atoms with Gasteiger partial charge in [0, 0.05) is 12.0 Å². The molecule has 4 aromatic carbocycles. The van der Waals surface area contributed by atoms with Crippen molar-refractivity contribution in [2.75, 3.05) is 0 Å². The summed E-state index contributed by atoms with van der Waals surface area (Å²) in [4.78, 5) is 26.0. The summed E-state index contributed by atoms with van der Waals surface area (Å²) in [5.74, 6) is -0.650. The average Bonchev–Trinajstić information content (AvgIpc) is 2.96. The van der Waals surface area contributed by atoms with Gasteiger partial charge >= 0.3 is 5.97 Å². The SMILES string of the molecule is C[C@@](Cc1ccc(O)c(OCc2ccccc2)c1)(NNC(=O)c1ccccc1)C(=O)OCc1ccccc1. The molecule has 0 saturated carbocycles. The molecule has 0 bridgehead atoms. The first-order chi connectivity index (χ1) is 18.4. The van der Waals surface area contributed by atoms with E-state index in [9.17, 15) is 14.7 Å². The molecule has 0 aliphatic carbocycles.